The van der Waals surface area contributed by atoms with E-state index in [1.165, 1.54) is 4.90 Å². The zero-order valence-electron chi connectivity index (χ0n) is 11.8. The summed E-state index contributed by atoms with van der Waals surface area (Å²) in [6.07, 6.45) is -3.88. The highest BCUT2D eigenvalue weighted by atomic mass is 19.4. The molecule has 0 saturated carbocycles. The van der Waals surface area contributed by atoms with E-state index in [4.69, 9.17) is 5.73 Å². The lowest BCUT2D eigenvalue weighted by molar-refractivity contribution is -0.175. The van der Waals surface area contributed by atoms with Crippen LogP contribution in [0.15, 0.2) is 24.3 Å². The molecule has 0 radical (unpaired) electrons. The van der Waals surface area contributed by atoms with Gasteiger partial charge in [-0.2, -0.15) is 13.2 Å². The van der Waals surface area contributed by atoms with Crippen LogP contribution in [0.25, 0.3) is 0 Å². The minimum absolute atomic E-state index is 0.341. The predicted molar refractivity (Wildman–Crippen MR) is 74.1 cm³/mol. The number of halogens is 3. The molecular formula is C14H19F3N2O2. The summed E-state index contributed by atoms with van der Waals surface area (Å²) >= 11 is 0. The first-order valence-electron chi connectivity index (χ1n) is 6.55. The van der Waals surface area contributed by atoms with Gasteiger partial charge in [0, 0.05) is 12.2 Å². The van der Waals surface area contributed by atoms with Crippen molar-refractivity contribution in [1.82, 2.24) is 0 Å². The summed E-state index contributed by atoms with van der Waals surface area (Å²) in [5.41, 5.74) is 7.01. The smallest absolute Gasteiger partial charge is 0.362 e. The topological polar surface area (TPSA) is 55.6 Å². The van der Waals surface area contributed by atoms with Crippen molar-refractivity contribution in [2.24, 2.45) is 5.73 Å². The molecule has 0 unspecified atom stereocenters. The third-order valence-corrected chi connectivity index (χ3v) is 2.69. The third-order valence-electron chi connectivity index (χ3n) is 2.69. The summed E-state index contributed by atoms with van der Waals surface area (Å²) in [5, 5.41) is 0. The summed E-state index contributed by atoms with van der Waals surface area (Å²) in [7, 11) is 0. The number of nitrogens with two attached hydrogens (primary N) is 1. The maximum Gasteiger partial charge on any atom is 0.411 e. The molecule has 0 aliphatic carbocycles. The minimum Gasteiger partial charge on any atom is -0.362 e. The zero-order valence-corrected chi connectivity index (χ0v) is 11.8. The Morgan fingerprint density at radius 3 is 2.67 bits per heavy atom. The van der Waals surface area contributed by atoms with Gasteiger partial charge in [0.1, 0.15) is 13.2 Å². The summed E-state index contributed by atoms with van der Waals surface area (Å²) in [6.45, 7) is 0.553. The van der Waals surface area contributed by atoms with Crippen molar-refractivity contribution in [3.05, 3.63) is 29.8 Å². The SMILES string of the molecule is Cc1cccc(N(CCCN)C(=O)COCC(F)(F)F)c1. The number of alkyl halides is 3. The van der Waals surface area contributed by atoms with Gasteiger partial charge in [-0.25, -0.2) is 0 Å². The molecule has 7 heteroatoms. The summed E-state index contributed by atoms with van der Waals surface area (Å²) in [4.78, 5) is 13.4. The monoisotopic (exact) mass is 304 g/mol. The molecule has 0 bridgehead atoms. The molecule has 1 aromatic carbocycles. The molecule has 0 aliphatic heterocycles. The van der Waals surface area contributed by atoms with Gasteiger partial charge >= 0.3 is 6.18 Å². The van der Waals surface area contributed by atoms with Crippen LogP contribution >= 0.6 is 0 Å². The Hall–Kier alpha value is -1.60. The van der Waals surface area contributed by atoms with E-state index in [2.05, 4.69) is 4.74 Å². The van der Waals surface area contributed by atoms with E-state index < -0.39 is 25.3 Å². The van der Waals surface area contributed by atoms with Gasteiger partial charge in [0.25, 0.3) is 5.91 Å². The molecule has 1 rings (SSSR count). The van der Waals surface area contributed by atoms with E-state index in [-0.39, 0.29) is 0 Å². The van der Waals surface area contributed by atoms with Crippen molar-refractivity contribution in [2.75, 3.05) is 31.2 Å². The molecular weight excluding hydrogens is 285 g/mol. The number of carbonyl (C=O) groups excluding carboxylic acids is 1. The molecule has 118 valence electrons. The first kappa shape index (κ1) is 17.5. The number of rotatable bonds is 7. The van der Waals surface area contributed by atoms with Crippen LogP contribution in [0.3, 0.4) is 0 Å². The lowest BCUT2D eigenvalue weighted by Crippen LogP contribution is -2.36. The van der Waals surface area contributed by atoms with Crippen LogP contribution in [0.1, 0.15) is 12.0 Å². The molecule has 0 spiro atoms. The molecule has 2 N–H and O–H groups in total. The largest absolute Gasteiger partial charge is 0.411 e. The molecule has 0 atom stereocenters. The fourth-order valence-electron chi connectivity index (χ4n) is 1.78. The van der Waals surface area contributed by atoms with Crippen molar-refractivity contribution in [3.8, 4) is 0 Å². The van der Waals surface area contributed by atoms with Gasteiger partial charge in [-0.3, -0.25) is 4.79 Å². The Balaban J connectivity index is 2.70. The second kappa shape index (κ2) is 7.99. The Labute approximate surface area is 121 Å². The lowest BCUT2D eigenvalue weighted by Gasteiger charge is -2.23. The highest BCUT2D eigenvalue weighted by Gasteiger charge is 2.28. The highest BCUT2D eigenvalue weighted by molar-refractivity contribution is 5.94. The number of benzene rings is 1. The standard InChI is InChI=1S/C14H19F3N2O2/c1-11-4-2-5-12(8-11)19(7-3-6-18)13(20)9-21-10-14(15,16)17/h2,4-5,8H,3,6-7,9-10,18H2,1H3. The summed E-state index contributed by atoms with van der Waals surface area (Å²) in [5.74, 6) is -0.515. The van der Waals surface area contributed by atoms with Crippen LogP contribution in [-0.4, -0.2) is 38.4 Å². The normalized spacial score (nSPS) is 11.5. The number of ether oxygens (including phenoxy) is 1. The quantitative estimate of drug-likeness (QED) is 0.840. The number of aryl methyl sites for hydroxylation is 1. The number of amides is 1. The number of hydrogen-bond donors (Lipinski definition) is 1. The van der Waals surface area contributed by atoms with Crippen molar-refractivity contribution in [1.29, 1.82) is 0 Å². The number of anilines is 1. The molecule has 0 aliphatic rings. The molecule has 0 fully saturated rings. The van der Waals surface area contributed by atoms with Gasteiger partial charge in [0.2, 0.25) is 0 Å². The first-order chi connectivity index (χ1) is 9.83. The van der Waals surface area contributed by atoms with Crippen LogP contribution in [-0.2, 0) is 9.53 Å². The van der Waals surface area contributed by atoms with E-state index in [1.807, 2.05) is 13.0 Å². The Morgan fingerprint density at radius 2 is 2.10 bits per heavy atom. The number of nitrogens with zero attached hydrogens (tertiary/aromatic N) is 1. The van der Waals surface area contributed by atoms with Gasteiger partial charge in [-0.1, -0.05) is 12.1 Å². The van der Waals surface area contributed by atoms with E-state index >= 15 is 0 Å². The van der Waals surface area contributed by atoms with E-state index in [0.29, 0.717) is 25.2 Å². The van der Waals surface area contributed by atoms with Gasteiger partial charge in [0.05, 0.1) is 0 Å². The maximum atomic E-state index is 12.0. The molecule has 1 amide bonds. The second-order valence-corrected chi connectivity index (χ2v) is 4.63. The van der Waals surface area contributed by atoms with Crippen LogP contribution in [0, 0.1) is 6.92 Å². The van der Waals surface area contributed by atoms with Crippen LogP contribution < -0.4 is 10.6 Å². The molecule has 4 nitrogen and oxygen atoms in total. The third kappa shape index (κ3) is 6.59. The average molecular weight is 304 g/mol. The average Bonchev–Trinajstić information content (AvgIpc) is 2.37. The van der Waals surface area contributed by atoms with Gasteiger partial charge in [-0.15, -0.1) is 0 Å². The summed E-state index contributed by atoms with van der Waals surface area (Å²) < 4.78 is 40.5. The first-order valence-corrected chi connectivity index (χ1v) is 6.55. The highest BCUT2D eigenvalue weighted by Crippen LogP contribution is 2.18. The van der Waals surface area contributed by atoms with Gasteiger partial charge in [0.15, 0.2) is 0 Å². The molecule has 0 saturated heterocycles. The van der Waals surface area contributed by atoms with E-state index in [0.717, 1.165) is 5.56 Å². The lowest BCUT2D eigenvalue weighted by atomic mass is 10.2. The van der Waals surface area contributed by atoms with Gasteiger partial charge < -0.3 is 15.4 Å². The Morgan fingerprint density at radius 1 is 1.38 bits per heavy atom. The molecule has 0 heterocycles. The minimum atomic E-state index is -4.44. The summed E-state index contributed by atoms with van der Waals surface area (Å²) in [6, 6.07) is 7.17. The Bertz CT molecular complexity index is 464. The number of hydrogen-bond acceptors (Lipinski definition) is 3. The zero-order chi connectivity index (χ0) is 15.9. The van der Waals surface area contributed by atoms with E-state index in [1.54, 1.807) is 18.2 Å². The van der Waals surface area contributed by atoms with Crippen molar-refractivity contribution in [2.45, 2.75) is 19.5 Å². The predicted octanol–water partition coefficient (Wildman–Crippen LogP) is 2.26. The Kier molecular flexibility index (Phi) is 6.64. The fourth-order valence-corrected chi connectivity index (χ4v) is 1.78. The van der Waals surface area contributed by atoms with Crippen LogP contribution in [0.2, 0.25) is 0 Å². The van der Waals surface area contributed by atoms with E-state index in [9.17, 15) is 18.0 Å². The maximum absolute atomic E-state index is 12.0. The molecule has 1 aromatic rings. The molecule has 21 heavy (non-hydrogen) atoms. The van der Waals surface area contributed by atoms with Crippen LogP contribution in [0.5, 0.6) is 0 Å². The van der Waals surface area contributed by atoms with Crippen molar-refractivity contribution in [3.63, 3.8) is 0 Å². The number of carbonyl (C=O) groups is 1. The fraction of sp³-hybridized carbons (Fsp3) is 0.500. The van der Waals surface area contributed by atoms with Crippen molar-refractivity contribution >= 4 is 11.6 Å². The second-order valence-electron chi connectivity index (χ2n) is 4.63. The van der Waals surface area contributed by atoms with Gasteiger partial charge in [-0.05, 0) is 37.6 Å². The van der Waals surface area contributed by atoms with Crippen molar-refractivity contribution < 1.29 is 22.7 Å². The molecule has 0 aromatic heterocycles. The van der Waals surface area contributed by atoms with Crippen LogP contribution in [0.4, 0.5) is 18.9 Å².